The van der Waals surface area contributed by atoms with Crippen LogP contribution in [0.25, 0.3) is 0 Å². The zero-order valence-corrected chi connectivity index (χ0v) is 11.3. The fraction of sp³-hybridized carbons (Fsp3) is 0.462. The van der Waals surface area contributed by atoms with Crippen molar-refractivity contribution in [3.63, 3.8) is 0 Å². The Labute approximate surface area is 107 Å². The summed E-state index contributed by atoms with van der Waals surface area (Å²) >= 11 is 1.80. The molecule has 3 nitrogen and oxygen atoms in total. The van der Waals surface area contributed by atoms with Crippen LogP contribution in [0, 0.1) is 0 Å². The highest BCUT2D eigenvalue weighted by Gasteiger charge is 2.25. The monoisotopic (exact) mass is 253 g/mol. The molecule has 1 aromatic rings. The van der Waals surface area contributed by atoms with Crippen LogP contribution < -0.4 is 5.32 Å². The third-order valence-corrected chi connectivity index (χ3v) is 3.40. The van der Waals surface area contributed by atoms with Crippen LogP contribution in [0.5, 0.6) is 0 Å². The molecule has 94 valence electrons. The van der Waals surface area contributed by atoms with Gasteiger partial charge in [0.2, 0.25) is 0 Å². The molecule has 1 aromatic carbocycles. The summed E-state index contributed by atoms with van der Waals surface area (Å²) in [5, 5.41) is 12.0. The average molecular weight is 253 g/mol. The van der Waals surface area contributed by atoms with Crippen molar-refractivity contribution in [3.8, 4) is 0 Å². The van der Waals surface area contributed by atoms with Crippen molar-refractivity contribution < 1.29 is 9.90 Å². The summed E-state index contributed by atoms with van der Waals surface area (Å²) in [6.45, 7) is 6.01. The van der Waals surface area contributed by atoms with E-state index in [9.17, 15) is 4.79 Å². The molecule has 0 saturated heterocycles. The molecule has 4 heteroatoms. The Balaban J connectivity index is 2.55. The maximum absolute atomic E-state index is 10.9. The van der Waals surface area contributed by atoms with E-state index in [1.165, 1.54) is 4.90 Å². The summed E-state index contributed by atoms with van der Waals surface area (Å²) in [6, 6.07) is 8.20. The topological polar surface area (TPSA) is 49.3 Å². The van der Waals surface area contributed by atoms with Crippen LogP contribution in [0.15, 0.2) is 29.2 Å². The molecule has 0 aromatic heterocycles. The van der Waals surface area contributed by atoms with Gasteiger partial charge in [0.25, 0.3) is 0 Å². The van der Waals surface area contributed by atoms with Gasteiger partial charge in [-0.3, -0.25) is 10.1 Å². The first-order valence-corrected chi connectivity index (χ1v) is 6.64. The summed E-state index contributed by atoms with van der Waals surface area (Å²) < 4.78 is 0. The maximum atomic E-state index is 10.9. The maximum Gasteiger partial charge on any atom is 0.323 e. The van der Waals surface area contributed by atoms with Crippen LogP contribution in [0.3, 0.4) is 0 Å². The number of carboxylic acids is 1. The molecule has 0 fully saturated rings. The number of carbonyl (C=O) groups is 1. The minimum atomic E-state index is -0.892. The van der Waals surface area contributed by atoms with Crippen molar-refractivity contribution in [2.45, 2.75) is 37.8 Å². The minimum absolute atomic E-state index is 0.566. The quantitative estimate of drug-likeness (QED) is 0.765. The van der Waals surface area contributed by atoms with Crippen LogP contribution in [-0.2, 0) is 11.3 Å². The fourth-order valence-corrected chi connectivity index (χ4v) is 1.93. The molecular weight excluding hydrogens is 234 g/mol. The van der Waals surface area contributed by atoms with E-state index in [4.69, 9.17) is 5.11 Å². The highest BCUT2D eigenvalue weighted by atomic mass is 32.2. The van der Waals surface area contributed by atoms with E-state index >= 15 is 0 Å². The van der Waals surface area contributed by atoms with Crippen molar-refractivity contribution in [1.82, 2.24) is 5.32 Å². The summed E-state index contributed by atoms with van der Waals surface area (Å²) in [4.78, 5) is 12.2. The van der Waals surface area contributed by atoms with Gasteiger partial charge < -0.3 is 5.11 Å². The molecule has 0 saturated carbocycles. The van der Waals surface area contributed by atoms with Crippen molar-refractivity contribution in [2.24, 2.45) is 0 Å². The van der Waals surface area contributed by atoms with Gasteiger partial charge in [0.15, 0.2) is 0 Å². The molecule has 0 aliphatic rings. The lowest BCUT2D eigenvalue weighted by Crippen LogP contribution is -2.46. The Morgan fingerprint density at radius 2 is 1.94 bits per heavy atom. The Kier molecular flexibility index (Phi) is 5.02. The summed E-state index contributed by atoms with van der Waals surface area (Å²) in [5.74, 6) is 0.222. The molecule has 2 N–H and O–H groups in total. The van der Waals surface area contributed by atoms with Gasteiger partial charge in [0, 0.05) is 11.4 Å². The molecular formula is C13H19NO2S. The van der Waals surface area contributed by atoms with Crippen LogP contribution in [0.2, 0.25) is 0 Å². The third kappa shape index (κ3) is 4.40. The molecule has 0 atom stereocenters. The van der Waals surface area contributed by atoms with E-state index in [2.05, 4.69) is 24.4 Å². The molecule has 0 aliphatic heterocycles. The number of thioether (sulfide) groups is 1. The molecule has 0 unspecified atom stereocenters. The summed E-state index contributed by atoms with van der Waals surface area (Å²) in [6.07, 6.45) is 0. The first-order chi connectivity index (χ1) is 7.95. The number of carboxylic acid groups (broad SMARTS) is 1. The fourth-order valence-electron chi connectivity index (χ4n) is 1.27. The molecule has 17 heavy (non-hydrogen) atoms. The second-order valence-electron chi connectivity index (χ2n) is 4.36. The van der Waals surface area contributed by atoms with Gasteiger partial charge in [-0.25, -0.2) is 0 Å². The van der Waals surface area contributed by atoms with Gasteiger partial charge in [-0.2, -0.15) is 0 Å². The number of hydrogen-bond donors (Lipinski definition) is 2. The summed E-state index contributed by atoms with van der Waals surface area (Å²) in [5.41, 5.74) is 0.205. The predicted octanol–water partition coefficient (Wildman–Crippen LogP) is 2.75. The Morgan fingerprint density at radius 3 is 2.41 bits per heavy atom. The zero-order valence-electron chi connectivity index (χ0n) is 10.5. The van der Waals surface area contributed by atoms with Crippen molar-refractivity contribution >= 4 is 17.7 Å². The van der Waals surface area contributed by atoms with Crippen LogP contribution in [-0.4, -0.2) is 22.4 Å². The van der Waals surface area contributed by atoms with E-state index in [0.717, 1.165) is 11.3 Å². The normalized spacial score (nSPS) is 11.5. The van der Waals surface area contributed by atoms with Crippen molar-refractivity contribution in [1.29, 1.82) is 0 Å². The highest BCUT2D eigenvalue weighted by Crippen LogP contribution is 2.18. The standard InChI is InChI=1S/C13H19NO2S/c1-4-17-11-7-5-10(6-8-11)9-14-13(2,3)12(15)16/h5-8,14H,4,9H2,1-3H3,(H,15,16). The number of nitrogens with one attached hydrogen (secondary N) is 1. The largest absolute Gasteiger partial charge is 0.480 e. The average Bonchev–Trinajstić information content (AvgIpc) is 2.28. The number of hydrogen-bond acceptors (Lipinski definition) is 3. The smallest absolute Gasteiger partial charge is 0.323 e. The lowest BCUT2D eigenvalue weighted by atomic mass is 10.1. The molecule has 0 radical (unpaired) electrons. The zero-order chi connectivity index (χ0) is 12.9. The second-order valence-corrected chi connectivity index (χ2v) is 5.70. The lowest BCUT2D eigenvalue weighted by Gasteiger charge is -2.21. The SMILES string of the molecule is CCSc1ccc(CNC(C)(C)C(=O)O)cc1. The highest BCUT2D eigenvalue weighted by molar-refractivity contribution is 7.99. The van der Waals surface area contributed by atoms with E-state index in [0.29, 0.717) is 6.54 Å². The Morgan fingerprint density at radius 1 is 1.35 bits per heavy atom. The Hall–Kier alpha value is -1.00. The first kappa shape index (κ1) is 14.1. The van der Waals surface area contributed by atoms with Crippen LogP contribution in [0.4, 0.5) is 0 Å². The van der Waals surface area contributed by atoms with E-state index in [1.54, 1.807) is 25.6 Å². The van der Waals surface area contributed by atoms with Gasteiger partial charge in [0.05, 0.1) is 0 Å². The lowest BCUT2D eigenvalue weighted by molar-refractivity contribution is -0.143. The van der Waals surface area contributed by atoms with Gasteiger partial charge in [-0.1, -0.05) is 19.1 Å². The third-order valence-electron chi connectivity index (χ3n) is 2.50. The van der Waals surface area contributed by atoms with Gasteiger partial charge >= 0.3 is 5.97 Å². The van der Waals surface area contributed by atoms with E-state index < -0.39 is 11.5 Å². The predicted molar refractivity (Wildman–Crippen MR) is 71.4 cm³/mol. The minimum Gasteiger partial charge on any atom is -0.480 e. The van der Waals surface area contributed by atoms with Crippen LogP contribution in [0.1, 0.15) is 26.3 Å². The van der Waals surface area contributed by atoms with E-state index in [1.807, 2.05) is 12.1 Å². The molecule has 0 heterocycles. The number of benzene rings is 1. The van der Waals surface area contributed by atoms with Crippen molar-refractivity contribution in [3.05, 3.63) is 29.8 Å². The van der Waals surface area contributed by atoms with E-state index in [-0.39, 0.29) is 0 Å². The molecule has 0 aliphatic carbocycles. The molecule has 0 bridgehead atoms. The van der Waals surface area contributed by atoms with Crippen molar-refractivity contribution in [2.75, 3.05) is 5.75 Å². The van der Waals surface area contributed by atoms with Gasteiger partial charge in [0.1, 0.15) is 5.54 Å². The number of rotatable bonds is 6. The summed E-state index contributed by atoms with van der Waals surface area (Å²) in [7, 11) is 0. The van der Waals surface area contributed by atoms with Gasteiger partial charge in [-0.15, -0.1) is 11.8 Å². The molecule has 0 spiro atoms. The molecule has 0 amide bonds. The van der Waals surface area contributed by atoms with Crippen LogP contribution >= 0.6 is 11.8 Å². The second kappa shape index (κ2) is 6.07. The van der Waals surface area contributed by atoms with Gasteiger partial charge in [-0.05, 0) is 37.3 Å². The Bertz CT molecular complexity index is 374. The number of aliphatic carboxylic acids is 1. The first-order valence-electron chi connectivity index (χ1n) is 5.66. The molecule has 1 rings (SSSR count).